The molecular formula is C16H17ClN2O2. The van der Waals surface area contributed by atoms with E-state index in [-0.39, 0.29) is 10.7 Å². The van der Waals surface area contributed by atoms with Crippen molar-refractivity contribution in [2.75, 3.05) is 0 Å². The van der Waals surface area contributed by atoms with Crippen molar-refractivity contribution >= 4 is 11.6 Å². The third-order valence-electron chi connectivity index (χ3n) is 4.37. The van der Waals surface area contributed by atoms with E-state index in [0.717, 1.165) is 30.4 Å². The van der Waals surface area contributed by atoms with Crippen LogP contribution in [0.1, 0.15) is 31.7 Å². The number of hydrogen-bond acceptors (Lipinski definition) is 2. The largest absolute Gasteiger partial charge is 0.330 e. The van der Waals surface area contributed by atoms with Gasteiger partial charge in [-0.25, -0.2) is 4.79 Å². The van der Waals surface area contributed by atoms with E-state index in [1.807, 2.05) is 38.1 Å². The number of aromatic amines is 1. The quantitative estimate of drug-likeness (QED) is 0.867. The normalized spacial score (nSPS) is 16.5. The number of hydrogen-bond donors (Lipinski definition) is 1. The van der Waals surface area contributed by atoms with Gasteiger partial charge in [0.1, 0.15) is 5.15 Å². The number of nitrogens with zero attached hydrogens (tertiary/aromatic N) is 1. The van der Waals surface area contributed by atoms with Crippen LogP contribution in [0.15, 0.2) is 33.9 Å². The van der Waals surface area contributed by atoms with Crippen molar-refractivity contribution in [3.63, 3.8) is 0 Å². The Kier molecular flexibility index (Phi) is 3.29. The van der Waals surface area contributed by atoms with Gasteiger partial charge in [-0.2, -0.15) is 0 Å². The maximum Gasteiger partial charge on any atom is 0.330 e. The van der Waals surface area contributed by atoms with Crippen molar-refractivity contribution < 1.29 is 0 Å². The summed E-state index contributed by atoms with van der Waals surface area (Å²) < 4.78 is 1.33. The minimum Gasteiger partial charge on any atom is -0.297 e. The second kappa shape index (κ2) is 4.88. The average Bonchev–Trinajstić information content (AvgIpc) is 2.38. The van der Waals surface area contributed by atoms with Gasteiger partial charge in [-0.3, -0.25) is 14.3 Å². The van der Waals surface area contributed by atoms with Crippen molar-refractivity contribution in [2.45, 2.75) is 38.6 Å². The Morgan fingerprint density at radius 1 is 1.19 bits per heavy atom. The number of nitrogens with one attached hydrogen (secondary N) is 1. The molecule has 21 heavy (non-hydrogen) atoms. The number of halogens is 1. The van der Waals surface area contributed by atoms with Gasteiger partial charge in [0.15, 0.2) is 0 Å². The highest BCUT2D eigenvalue weighted by Crippen LogP contribution is 2.37. The van der Waals surface area contributed by atoms with Gasteiger partial charge in [0.25, 0.3) is 5.56 Å². The monoisotopic (exact) mass is 304 g/mol. The fraction of sp³-hybridized carbons (Fsp3) is 0.375. The molecule has 0 amide bonds. The number of benzene rings is 1. The zero-order valence-electron chi connectivity index (χ0n) is 12.1. The van der Waals surface area contributed by atoms with Gasteiger partial charge in [-0.15, -0.1) is 0 Å². The van der Waals surface area contributed by atoms with E-state index in [1.54, 1.807) is 0 Å². The Labute approximate surface area is 127 Å². The molecule has 0 radical (unpaired) electrons. The first-order valence-electron chi connectivity index (χ1n) is 7.05. The Bertz CT molecular complexity index is 799. The van der Waals surface area contributed by atoms with E-state index in [2.05, 4.69) is 4.98 Å². The Balaban J connectivity index is 2.27. The summed E-state index contributed by atoms with van der Waals surface area (Å²) in [6, 6.07) is 7.55. The summed E-state index contributed by atoms with van der Waals surface area (Å²) in [7, 11) is 0. The zero-order valence-corrected chi connectivity index (χ0v) is 12.8. The highest BCUT2D eigenvalue weighted by atomic mass is 35.5. The number of rotatable bonds is 2. The molecule has 0 aliphatic heterocycles. The van der Waals surface area contributed by atoms with Crippen LogP contribution in [0.25, 0.3) is 11.1 Å². The lowest BCUT2D eigenvalue weighted by Gasteiger charge is -2.39. The third kappa shape index (κ3) is 2.23. The second-order valence-corrected chi connectivity index (χ2v) is 6.35. The molecule has 2 aromatic rings. The van der Waals surface area contributed by atoms with Crippen molar-refractivity contribution in [3.05, 3.63) is 55.8 Å². The zero-order chi connectivity index (χ0) is 15.2. The van der Waals surface area contributed by atoms with E-state index in [4.69, 9.17) is 11.6 Å². The van der Waals surface area contributed by atoms with Crippen LogP contribution in [0.4, 0.5) is 0 Å². The van der Waals surface area contributed by atoms with E-state index in [0.29, 0.717) is 5.56 Å². The maximum absolute atomic E-state index is 12.8. The maximum atomic E-state index is 12.8. The summed E-state index contributed by atoms with van der Waals surface area (Å²) in [6.07, 6.45) is 2.71. The predicted molar refractivity (Wildman–Crippen MR) is 84.0 cm³/mol. The number of aromatic nitrogens is 2. The van der Waals surface area contributed by atoms with Crippen molar-refractivity contribution in [3.8, 4) is 11.1 Å². The summed E-state index contributed by atoms with van der Waals surface area (Å²) in [5.41, 5.74) is 1.06. The molecule has 0 spiro atoms. The molecule has 5 heteroatoms. The van der Waals surface area contributed by atoms with E-state index >= 15 is 0 Å². The fourth-order valence-corrected chi connectivity index (χ4v) is 3.15. The van der Waals surface area contributed by atoms with Crippen LogP contribution in [-0.2, 0) is 5.54 Å². The molecular weight excluding hydrogens is 288 g/mol. The number of aryl methyl sites for hydroxylation is 1. The molecule has 1 heterocycles. The Morgan fingerprint density at radius 2 is 1.81 bits per heavy atom. The van der Waals surface area contributed by atoms with Crippen LogP contribution >= 0.6 is 11.6 Å². The van der Waals surface area contributed by atoms with Crippen molar-refractivity contribution in [1.82, 2.24) is 9.55 Å². The SMILES string of the molecule is Cc1ccc(-c2c(Cl)[nH]c(=O)n(C3(C)CCC3)c2=O)cc1. The van der Waals surface area contributed by atoms with Gasteiger partial charge >= 0.3 is 5.69 Å². The Morgan fingerprint density at radius 3 is 2.33 bits per heavy atom. The third-order valence-corrected chi connectivity index (χ3v) is 4.65. The molecule has 0 unspecified atom stereocenters. The van der Waals surface area contributed by atoms with Crippen molar-refractivity contribution in [2.24, 2.45) is 0 Å². The molecule has 1 aromatic heterocycles. The van der Waals surface area contributed by atoms with E-state index in [1.165, 1.54) is 4.57 Å². The molecule has 110 valence electrons. The minimum absolute atomic E-state index is 0.105. The molecule has 1 aliphatic carbocycles. The first-order chi connectivity index (χ1) is 9.92. The summed E-state index contributed by atoms with van der Waals surface area (Å²) in [5, 5.41) is 0.105. The van der Waals surface area contributed by atoms with Gasteiger partial charge in [-0.05, 0) is 38.7 Å². The topological polar surface area (TPSA) is 54.9 Å². The predicted octanol–water partition coefficient (Wildman–Crippen LogP) is 3.06. The molecule has 1 fully saturated rings. The second-order valence-electron chi connectivity index (χ2n) is 5.98. The molecule has 1 aromatic carbocycles. The molecule has 1 saturated carbocycles. The molecule has 0 atom stereocenters. The summed E-state index contributed by atoms with van der Waals surface area (Å²) in [5.74, 6) is 0. The summed E-state index contributed by atoms with van der Waals surface area (Å²) in [6.45, 7) is 3.92. The highest BCUT2D eigenvalue weighted by molar-refractivity contribution is 6.32. The lowest BCUT2D eigenvalue weighted by molar-refractivity contribution is 0.156. The lowest BCUT2D eigenvalue weighted by atomic mass is 9.78. The first-order valence-corrected chi connectivity index (χ1v) is 7.42. The van der Waals surface area contributed by atoms with Crippen LogP contribution in [-0.4, -0.2) is 9.55 Å². The lowest BCUT2D eigenvalue weighted by Crippen LogP contribution is -2.51. The fourth-order valence-electron chi connectivity index (χ4n) is 2.88. The van der Waals surface area contributed by atoms with Gasteiger partial charge in [0.2, 0.25) is 0 Å². The van der Waals surface area contributed by atoms with Crippen molar-refractivity contribution in [1.29, 1.82) is 0 Å². The Hall–Kier alpha value is -1.81. The standard InChI is InChI=1S/C16H17ClN2O2/c1-10-4-6-11(7-5-10)12-13(17)18-15(21)19(14(12)20)16(2)8-3-9-16/h4-7H,3,8-9H2,1-2H3,(H,18,21). The van der Waals surface area contributed by atoms with Crippen LogP contribution < -0.4 is 11.2 Å². The van der Waals surface area contributed by atoms with Crippen LogP contribution in [0.2, 0.25) is 5.15 Å². The molecule has 1 N–H and O–H groups in total. The first kappa shape index (κ1) is 14.1. The summed E-state index contributed by atoms with van der Waals surface area (Å²) >= 11 is 6.12. The van der Waals surface area contributed by atoms with Gasteiger partial charge in [0, 0.05) is 5.54 Å². The molecule has 1 aliphatic rings. The van der Waals surface area contributed by atoms with E-state index < -0.39 is 11.2 Å². The molecule has 0 bridgehead atoms. The number of H-pyrrole nitrogens is 1. The van der Waals surface area contributed by atoms with Crippen LogP contribution in [0, 0.1) is 6.92 Å². The van der Waals surface area contributed by atoms with Crippen LogP contribution in [0.3, 0.4) is 0 Å². The van der Waals surface area contributed by atoms with Gasteiger partial charge < -0.3 is 0 Å². The van der Waals surface area contributed by atoms with E-state index in [9.17, 15) is 9.59 Å². The highest BCUT2D eigenvalue weighted by Gasteiger charge is 2.37. The molecule has 0 saturated heterocycles. The summed E-state index contributed by atoms with van der Waals surface area (Å²) in [4.78, 5) is 27.6. The van der Waals surface area contributed by atoms with Crippen LogP contribution in [0.5, 0.6) is 0 Å². The molecule has 4 nitrogen and oxygen atoms in total. The molecule has 3 rings (SSSR count). The average molecular weight is 305 g/mol. The minimum atomic E-state index is -0.428. The van der Waals surface area contributed by atoms with Gasteiger partial charge in [-0.1, -0.05) is 41.4 Å². The van der Waals surface area contributed by atoms with Gasteiger partial charge in [0.05, 0.1) is 5.56 Å². The smallest absolute Gasteiger partial charge is 0.297 e.